The van der Waals surface area contributed by atoms with E-state index < -0.39 is 0 Å². The molecule has 15 heavy (non-hydrogen) atoms. The highest BCUT2D eigenvalue weighted by Crippen LogP contribution is 2.11. The van der Waals surface area contributed by atoms with Gasteiger partial charge in [-0.25, -0.2) is 0 Å². The van der Waals surface area contributed by atoms with Crippen LogP contribution in [0.1, 0.15) is 46.5 Å². The van der Waals surface area contributed by atoms with Gasteiger partial charge in [0.2, 0.25) is 0 Å². The smallest absolute Gasteiger partial charge is 0.1000 e. The van der Waals surface area contributed by atoms with E-state index in [0.29, 0.717) is 5.44 Å². The number of hydrogen-bond donors (Lipinski definition) is 0. The molecule has 0 rings (SSSR count). The molecule has 92 valence electrons. The average Bonchev–Trinajstić information content (AvgIpc) is 2.23. The molecule has 1 unspecified atom stereocenters. The fraction of sp³-hybridized carbons (Fsp3) is 1.00. The first-order chi connectivity index (χ1) is 7.31. The lowest BCUT2D eigenvalue weighted by atomic mass is 10.4. The van der Waals surface area contributed by atoms with Gasteiger partial charge in [-0.2, -0.15) is 0 Å². The van der Waals surface area contributed by atoms with Gasteiger partial charge in [-0.3, -0.25) is 0 Å². The van der Waals surface area contributed by atoms with E-state index in [4.69, 9.17) is 9.47 Å². The number of ether oxygens (including phenoxy) is 2. The third kappa shape index (κ3) is 12.2. The SMILES string of the molecule is CCCCOCCSC(C)OCCCC. The van der Waals surface area contributed by atoms with Crippen LogP contribution in [0.5, 0.6) is 0 Å². The summed E-state index contributed by atoms with van der Waals surface area (Å²) in [4.78, 5) is 0. The number of thioether (sulfide) groups is 1. The molecule has 0 aromatic heterocycles. The summed E-state index contributed by atoms with van der Waals surface area (Å²) >= 11 is 1.84. The Balaban J connectivity index is 3.06. The lowest BCUT2D eigenvalue weighted by Crippen LogP contribution is -2.08. The number of unbranched alkanes of at least 4 members (excludes halogenated alkanes) is 2. The van der Waals surface area contributed by atoms with Crippen molar-refractivity contribution in [1.29, 1.82) is 0 Å². The quantitative estimate of drug-likeness (QED) is 0.401. The second kappa shape index (κ2) is 12.3. The molecule has 0 spiro atoms. The largest absolute Gasteiger partial charge is 0.381 e. The topological polar surface area (TPSA) is 18.5 Å². The van der Waals surface area contributed by atoms with E-state index in [-0.39, 0.29) is 0 Å². The molecule has 0 N–H and O–H groups in total. The summed E-state index contributed by atoms with van der Waals surface area (Å²) < 4.78 is 11.1. The Morgan fingerprint density at radius 1 is 1.00 bits per heavy atom. The second-order valence-electron chi connectivity index (χ2n) is 3.63. The minimum Gasteiger partial charge on any atom is -0.381 e. The summed E-state index contributed by atoms with van der Waals surface area (Å²) in [6, 6.07) is 0. The van der Waals surface area contributed by atoms with Crippen LogP contribution in [0.4, 0.5) is 0 Å². The molecule has 0 radical (unpaired) electrons. The third-order valence-electron chi connectivity index (χ3n) is 2.07. The molecular weight excluding hydrogens is 208 g/mol. The Bertz CT molecular complexity index is 120. The summed E-state index contributed by atoms with van der Waals surface area (Å²) in [5.74, 6) is 1.04. The zero-order chi connectivity index (χ0) is 11.4. The van der Waals surface area contributed by atoms with Gasteiger partial charge in [-0.1, -0.05) is 26.7 Å². The molecule has 0 fully saturated rings. The lowest BCUT2D eigenvalue weighted by molar-refractivity contribution is 0.119. The monoisotopic (exact) mass is 234 g/mol. The van der Waals surface area contributed by atoms with E-state index in [2.05, 4.69) is 20.8 Å². The van der Waals surface area contributed by atoms with Crippen LogP contribution in [0.3, 0.4) is 0 Å². The normalized spacial score (nSPS) is 13.0. The van der Waals surface area contributed by atoms with Crippen molar-refractivity contribution >= 4 is 11.8 Å². The molecule has 0 saturated heterocycles. The number of hydrogen-bond acceptors (Lipinski definition) is 3. The molecule has 0 aliphatic carbocycles. The van der Waals surface area contributed by atoms with Gasteiger partial charge in [0, 0.05) is 19.0 Å². The Kier molecular flexibility index (Phi) is 12.6. The van der Waals surface area contributed by atoms with Crippen molar-refractivity contribution in [3.63, 3.8) is 0 Å². The van der Waals surface area contributed by atoms with Crippen molar-refractivity contribution in [1.82, 2.24) is 0 Å². The molecule has 0 aromatic carbocycles. The highest BCUT2D eigenvalue weighted by molar-refractivity contribution is 7.99. The average molecular weight is 234 g/mol. The molecule has 0 bridgehead atoms. The Morgan fingerprint density at radius 2 is 1.67 bits per heavy atom. The predicted octanol–water partition coefficient (Wildman–Crippen LogP) is 3.70. The standard InChI is InChI=1S/C12H26O2S/c1-4-6-8-13-10-11-15-12(3)14-9-7-5-2/h12H,4-11H2,1-3H3. The van der Waals surface area contributed by atoms with Crippen LogP contribution >= 0.6 is 11.8 Å². The summed E-state index contributed by atoms with van der Waals surface area (Å²) in [7, 11) is 0. The molecule has 0 saturated carbocycles. The summed E-state index contributed by atoms with van der Waals surface area (Å²) in [6.45, 7) is 9.13. The van der Waals surface area contributed by atoms with Gasteiger partial charge in [-0.05, 0) is 19.8 Å². The molecule has 0 aromatic rings. The molecule has 2 nitrogen and oxygen atoms in total. The fourth-order valence-corrected chi connectivity index (χ4v) is 1.80. The van der Waals surface area contributed by atoms with Crippen LogP contribution in [0.15, 0.2) is 0 Å². The maximum absolute atomic E-state index is 5.62. The van der Waals surface area contributed by atoms with Gasteiger partial charge >= 0.3 is 0 Å². The van der Waals surface area contributed by atoms with Crippen molar-refractivity contribution in [3.8, 4) is 0 Å². The van der Waals surface area contributed by atoms with Crippen molar-refractivity contribution < 1.29 is 9.47 Å². The number of rotatable bonds is 11. The van der Waals surface area contributed by atoms with Gasteiger partial charge in [0.05, 0.1) is 12.0 Å². The van der Waals surface area contributed by atoms with Crippen molar-refractivity contribution in [2.24, 2.45) is 0 Å². The second-order valence-corrected chi connectivity index (χ2v) is 5.03. The Hall–Kier alpha value is 0.270. The van der Waals surface area contributed by atoms with Crippen LogP contribution in [0.25, 0.3) is 0 Å². The summed E-state index contributed by atoms with van der Waals surface area (Å²) in [6.07, 6.45) is 4.76. The van der Waals surface area contributed by atoms with Gasteiger partial charge in [-0.15, -0.1) is 11.8 Å². The Morgan fingerprint density at radius 3 is 2.33 bits per heavy atom. The zero-order valence-corrected chi connectivity index (χ0v) is 11.3. The molecule has 3 heteroatoms. The van der Waals surface area contributed by atoms with E-state index in [1.165, 1.54) is 19.3 Å². The maximum atomic E-state index is 5.62. The molecule has 0 aliphatic rings. The van der Waals surface area contributed by atoms with Crippen LogP contribution < -0.4 is 0 Å². The van der Waals surface area contributed by atoms with E-state index in [1.807, 2.05) is 11.8 Å². The van der Waals surface area contributed by atoms with Gasteiger partial charge in [0.25, 0.3) is 0 Å². The summed E-state index contributed by atoms with van der Waals surface area (Å²) in [5.41, 5.74) is 0.311. The molecule has 0 amide bonds. The highest BCUT2D eigenvalue weighted by atomic mass is 32.2. The van der Waals surface area contributed by atoms with Gasteiger partial charge < -0.3 is 9.47 Å². The first kappa shape index (κ1) is 15.3. The predicted molar refractivity (Wildman–Crippen MR) is 68.5 cm³/mol. The van der Waals surface area contributed by atoms with Crippen LogP contribution in [-0.2, 0) is 9.47 Å². The van der Waals surface area contributed by atoms with Crippen LogP contribution in [-0.4, -0.2) is 31.0 Å². The first-order valence-corrected chi connectivity index (χ1v) is 7.17. The van der Waals surface area contributed by atoms with Gasteiger partial charge in [0.1, 0.15) is 0 Å². The zero-order valence-electron chi connectivity index (χ0n) is 10.5. The maximum Gasteiger partial charge on any atom is 0.1000 e. The third-order valence-corrected chi connectivity index (χ3v) is 3.08. The van der Waals surface area contributed by atoms with E-state index in [0.717, 1.165) is 32.0 Å². The first-order valence-electron chi connectivity index (χ1n) is 6.12. The van der Waals surface area contributed by atoms with Crippen molar-refractivity contribution in [2.45, 2.75) is 51.9 Å². The van der Waals surface area contributed by atoms with E-state index >= 15 is 0 Å². The molecular formula is C12H26O2S. The van der Waals surface area contributed by atoms with E-state index in [9.17, 15) is 0 Å². The highest BCUT2D eigenvalue weighted by Gasteiger charge is 2.01. The Labute approximate surface area is 99.1 Å². The minimum absolute atomic E-state index is 0.311. The van der Waals surface area contributed by atoms with Crippen molar-refractivity contribution in [3.05, 3.63) is 0 Å². The summed E-state index contributed by atoms with van der Waals surface area (Å²) in [5, 5.41) is 0. The van der Waals surface area contributed by atoms with Gasteiger partial charge in [0.15, 0.2) is 0 Å². The minimum atomic E-state index is 0.311. The van der Waals surface area contributed by atoms with Crippen LogP contribution in [0, 0.1) is 0 Å². The lowest BCUT2D eigenvalue weighted by Gasteiger charge is -2.12. The van der Waals surface area contributed by atoms with E-state index in [1.54, 1.807) is 0 Å². The molecule has 1 atom stereocenters. The molecule has 0 aliphatic heterocycles. The molecule has 0 heterocycles. The fourth-order valence-electron chi connectivity index (χ4n) is 1.06. The van der Waals surface area contributed by atoms with Crippen molar-refractivity contribution in [2.75, 3.05) is 25.6 Å². The van der Waals surface area contributed by atoms with Crippen LogP contribution in [0.2, 0.25) is 0 Å².